The highest BCUT2D eigenvalue weighted by Gasteiger charge is 2.27. The van der Waals surface area contributed by atoms with Crippen LogP contribution in [0.1, 0.15) is 38.8 Å². The Kier molecular flexibility index (Phi) is 7.26. The number of nitrogens with one attached hydrogen (secondary N) is 1. The van der Waals surface area contributed by atoms with Crippen molar-refractivity contribution < 1.29 is 8.78 Å². The van der Waals surface area contributed by atoms with Gasteiger partial charge in [-0.1, -0.05) is 38.3 Å². The summed E-state index contributed by atoms with van der Waals surface area (Å²) in [5.74, 6) is -0.491. The zero-order valence-corrected chi connectivity index (χ0v) is 20.1. The van der Waals surface area contributed by atoms with E-state index < -0.39 is 11.6 Å². The SMILES string of the molecule is C=C/C(NC(=C)c1ccn2ncc(-c3c(F)cccc3F)c2n1)=C(\C=C/C)[C@@H]1C[C@H](C)C[C@H](N)C1. The summed E-state index contributed by atoms with van der Waals surface area (Å²) in [6.45, 7) is 12.4. The summed E-state index contributed by atoms with van der Waals surface area (Å²) in [5, 5.41) is 7.58. The van der Waals surface area contributed by atoms with Crippen LogP contribution in [0, 0.1) is 23.5 Å². The van der Waals surface area contributed by atoms with Crippen molar-refractivity contribution in [3.8, 4) is 11.1 Å². The van der Waals surface area contributed by atoms with Crippen molar-refractivity contribution >= 4 is 11.3 Å². The summed E-state index contributed by atoms with van der Waals surface area (Å²) in [7, 11) is 0. The van der Waals surface area contributed by atoms with E-state index in [-0.39, 0.29) is 17.2 Å². The maximum atomic E-state index is 14.4. The summed E-state index contributed by atoms with van der Waals surface area (Å²) in [5.41, 5.74) is 9.82. The van der Waals surface area contributed by atoms with E-state index in [2.05, 4.69) is 41.6 Å². The van der Waals surface area contributed by atoms with E-state index in [1.54, 1.807) is 18.3 Å². The third-order valence-corrected chi connectivity index (χ3v) is 6.48. The van der Waals surface area contributed by atoms with Gasteiger partial charge >= 0.3 is 0 Å². The molecule has 0 amide bonds. The Morgan fingerprint density at radius 2 is 1.94 bits per heavy atom. The number of halogens is 2. The number of hydrogen-bond donors (Lipinski definition) is 2. The number of fused-ring (bicyclic) bond motifs is 1. The van der Waals surface area contributed by atoms with Crippen LogP contribution >= 0.6 is 0 Å². The molecule has 182 valence electrons. The van der Waals surface area contributed by atoms with Crippen LogP contribution in [-0.2, 0) is 0 Å². The molecule has 1 fully saturated rings. The number of benzene rings is 1. The molecule has 0 saturated heterocycles. The van der Waals surface area contributed by atoms with Gasteiger partial charge in [-0.15, -0.1) is 0 Å². The van der Waals surface area contributed by atoms with Gasteiger partial charge in [-0.25, -0.2) is 18.3 Å². The monoisotopic (exact) mass is 475 g/mol. The van der Waals surface area contributed by atoms with Gasteiger partial charge in [0, 0.05) is 17.9 Å². The predicted octanol–water partition coefficient (Wildman–Crippen LogP) is 6.01. The Morgan fingerprint density at radius 3 is 2.60 bits per heavy atom. The average molecular weight is 476 g/mol. The summed E-state index contributed by atoms with van der Waals surface area (Å²) < 4.78 is 30.4. The molecule has 1 saturated carbocycles. The standard InChI is InChI=1S/C28H31F2N5/c1-5-8-21(19-13-17(3)14-20(31)15-19)25(6-2)33-18(4)26-11-12-35-28(34-26)22(16-32-35)27-23(29)9-7-10-24(27)30/h5-12,16-17,19-20,33H,2,4,13-15,31H2,1,3H3/b8-5-,25-21-/t17-,19+,20-/m0/s1. The van der Waals surface area contributed by atoms with Crippen molar-refractivity contribution in [1.29, 1.82) is 0 Å². The summed E-state index contributed by atoms with van der Waals surface area (Å²) in [4.78, 5) is 4.63. The van der Waals surface area contributed by atoms with Crippen molar-refractivity contribution in [2.24, 2.45) is 17.6 Å². The van der Waals surface area contributed by atoms with Crippen LogP contribution in [0.15, 0.2) is 79.3 Å². The lowest BCUT2D eigenvalue weighted by molar-refractivity contribution is 0.283. The van der Waals surface area contributed by atoms with E-state index >= 15 is 0 Å². The predicted molar refractivity (Wildman–Crippen MR) is 137 cm³/mol. The second kappa shape index (κ2) is 10.4. The first-order valence-corrected chi connectivity index (χ1v) is 11.8. The first-order valence-electron chi connectivity index (χ1n) is 11.8. The average Bonchev–Trinajstić information content (AvgIpc) is 3.23. The zero-order chi connectivity index (χ0) is 25.1. The van der Waals surface area contributed by atoms with Crippen LogP contribution in [0.25, 0.3) is 22.5 Å². The first kappa shape index (κ1) is 24.5. The van der Waals surface area contributed by atoms with Crippen molar-refractivity contribution in [3.05, 3.63) is 96.6 Å². The summed E-state index contributed by atoms with van der Waals surface area (Å²) >= 11 is 0. The van der Waals surface area contributed by atoms with Crippen LogP contribution in [0.2, 0.25) is 0 Å². The highest BCUT2D eigenvalue weighted by atomic mass is 19.1. The topological polar surface area (TPSA) is 68.2 Å². The van der Waals surface area contributed by atoms with Crippen molar-refractivity contribution in [2.45, 2.75) is 39.2 Å². The molecule has 7 heteroatoms. The van der Waals surface area contributed by atoms with Gasteiger partial charge in [0.25, 0.3) is 0 Å². The van der Waals surface area contributed by atoms with Gasteiger partial charge in [-0.05, 0) is 67.9 Å². The van der Waals surface area contributed by atoms with Crippen LogP contribution in [0.4, 0.5) is 8.78 Å². The third kappa shape index (κ3) is 5.10. The largest absolute Gasteiger partial charge is 0.354 e. The lowest BCUT2D eigenvalue weighted by Crippen LogP contribution is -2.33. The zero-order valence-electron chi connectivity index (χ0n) is 20.1. The van der Waals surface area contributed by atoms with Gasteiger partial charge in [0.1, 0.15) is 11.6 Å². The molecule has 1 aromatic carbocycles. The van der Waals surface area contributed by atoms with Crippen LogP contribution < -0.4 is 11.1 Å². The fourth-order valence-electron chi connectivity index (χ4n) is 4.97. The normalized spacial score (nSPS) is 21.2. The number of nitrogens with two attached hydrogens (primary N) is 1. The van der Waals surface area contributed by atoms with Gasteiger partial charge in [-0.2, -0.15) is 5.10 Å². The number of nitrogens with zero attached hydrogens (tertiary/aromatic N) is 3. The Labute approximate surface area is 204 Å². The minimum absolute atomic E-state index is 0.157. The molecule has 3 atom stereocenters. The molecule has 1 aliphatic rings. The molecule has 3 N–H and O–H groups in total. The van der Waals surface area contributed by atoms with E-state index in [1.807, 2.05) is 13.0 Å². The van der Waals surface area contributed by atoms with Gasteiger partial charge < -0.3 is 11.1 Å². The first-order chi connectivity index (χ1) is 16.8. The molecule has 1 aliphatic carbocycles. The quantitative estimate of drug-likeness (QED) is 0.411. The Hall–Kier alpha value is -3.58. The molecule has 35 heavy (non-hydrogen) atoms. The second-order valence-electron chi connectivity index (χ2n) is 9.18. The molecule has 0 unspecified atom stereocenters. The van der Waals surface area contributed by atoms with E-state index in [9.17, 15) is 8.78 Å². The smallest absolute Gasteiger partial charge is 0.163 e. The Balaban J connectivity index is 1.69. The molecule has 0 bridgehead atoms. The fraction of sp³-hybridized carbons (Fsp3) is 0.286. The van der Waals surface area contributed by atoms with Gasteiger partial charge in [0.2, 0.25) is 0 Å². The van der Waals surface area contributed by atoms with Gasteiger partial charge in [0.15, 0.2) is 5.65 Å². The number of rotatable bonds is 7. The Bertz CT molecular complexity index is 1290. The second-order valence-corrected chi connectivity index (χ2v) is 9.18. The van der Waals surface area contributed by atoms with E-state index in [0.717, 1.165) is 30.5 Å². The molecule has 0 radical (unpaired) electrons. The lowest BCUT2D eigenvalue weighted by Gasteiger charge is -2.33. The molecular weight excluding hydrogens is 444 g/mol. The molecule has 3 aromatic rings. The van der Waals surface area contributed by atoms with E-state index in [0.29, 0.717) is 28.9 Å². The van der Waals surface area contributed by atoms with Crippen molar-refractivity contribution in [2.75, 3.05) is 0 Å². The van der Waals surface area contributed by atoms with Crippen LogP contribution in [-0.4, -0.2) is 20.6 Å². The number of hydrogen-bond acceptors (Lipinski definition) is 4. The molecule has 0 aliphatic heterocycles. The van der Waals surface area contributed by atoms with Crippen molar-refractivity contribution in [1.82, 2.24) is 19.9 Å². The van der Waals surface area contributed by atoms with Crippen LogP contribution in [0.5, 0.6) is 0 Å². The van der Waals surface area contributed by atoms with E-state index in [4.69, 9.17) is 5.73 Å². The molecule has 2 aromatic heterocycles. The molecule has 2 heterocycles. The van der Waals surface area contributed by atoms with Crippen LogP contribution in [0.3, 0.4) is 0 Å². The summed E-state index contributed by atoms with van der Waals surface area (Å²) in [6.07, 6.45) is 12.0. The molecule has 0 spiro atoms. The fourth-order valence-corrected chi connectivity index (χ4v) is 4.97. The highest BCUT2D eigenvalue weighted by Crippen LogP contribution is 2.35. The summed E-state index contributed by atoms with van der Waals surface area (Å²) in [6, 6.07) is 5.69. The number of aromatic nitrogens is 3. The highest BCUT2D eigenvalue weighted by molar-refractivity contribution is 5.78. The van der Waals surface area contributed by atoms with Crippen molar-refractivity contribution in [3.63, 3.8) is 0 Å². The molecule has 4 rings (SSSR count). The maximum Gasteiger partial charge on any atom is 0.163 e. The maximum absolute atomic E-state index is 14.4. The lowest BCUT2D eigenvalue weighted by atomic mass is 9.75. The minimum atomic E-state index is -0.670. The minimum Gasteiger partial charge on any atom is -0.354 e. The van der Waals surface area contributed by atoms with Gasteiger partial charge in [0.05, 0.1) is 28.7 Å². The number of allylic oxidation sites excluding steroid dienone is 4. The van der Waals surface area contributed by atoms with Gasteiger partial charge in [-0.3, -0.25) is 0 Å². The Morgan fingerprint density at radius 1 is 1.20 bits per heavy atom. The van der Waals surface area contributed by atoms with E-state index in [1.165, 1.54) is 28.9 Å². The molecular formula is C28H31F2N5. The molecule has 5 nitrogen and oxygen atoms in total. The third-order valence-electron chi connectivity index (χ3n) is 6.48.